The van der Waals surface area contributed by atoms with E-state index < -0.39 is 6.17 Å². The Hall–Kier alpha value is -1.38. The van der Waals surface area contributed by atoms with Crippen LogP contribution in [0.15, 0.2) is 9.98 Å². The molecule has 0 spiro atoms. The Labute approximate surface area is 102 Å². The van der Waals surface area contributed by atoms with Crippen LogP contribution in [-0.2, 0) is 0 Å². The summed E-state index contributed by atoms with van der Waals surface area (Å²) in [5.74, 6) is -0.126. The van der Waals surface area contributed by atoms with Crippen LogP contribution in [-0.4, -0.2) is 37.7 Å². The highest BCUT2D eigenvalue weighted by Gasteiger charge is 2.00. The van der Waals surface area contributed by atoms with Crippen molar-refractivity contribution in [2.45, 2.75) is 25.4 Å². The monoisotopic (exact) mass is 244 g/mol. The van der Waals surface area contributed by atoms with Gasteiger partial charge in [-0.05, 0) is 38.9 Å². The van der Waals surface area contributed by atoms with Crippen LogP contribution in [0.1, 0.15) is 19.3 Å². The summed E-state index contributed by atoms with van der Waals surface area (Å²) in [6, 6.07) is 0. The number of hydrogen-bond donors (Lipinski definition) is 6. The third kappa shape index (κ3) is 10.9. The summed E-state index contributed by atoms with van der Waals surface area (Å²) in [5, 5.41) is 3.23. The van der Waals surface area contributed by atoms with E-state index in [2.05, 4.69) is 15.3 Å². The fourth-order valence-corrected chi connectivity index (χ4v) is 1.16. The number of nitrogens with zero attached hydrogens (tertiary/aromatic N) is 2. The average Bonchev–Trinajstić information content (AvgIpc) is 2.21. The minimum atomic E-state index is -0.403. The van der Waals surface area contributed by atoms with E-state index >= 15 is 0 Å². The lowest BCUT2D eigenvalue weighted by atomic mass is 10.3. The second-order valence-electron chi connectivity index (χ2n) is 3.63. The Balaban J connectivity index is 3.65. The van der Waals surface area contributed by atoms with E-state index in [-0.39, 0.29) is 11.9 Å². The number of unbranched alkanes of at least 4 members (excludes halogenated alkanes) is 1. The van der Waals surface area contributed by atoms with Crippen molar-refractivity contribution in [1.29, 1.82) is 0 Å². The molecule has 0 heterocycles. The van der Waals surface area contributed by atoms with Crippen molar-refractivity contribution in [2.75, 3.05) is 19.6 Å². The van der Waals surface area contributed by atoms with Crippen LogP contribution in [0.25, 0.3) is 0 Å². The zero-order valence-electron chi connectivity index (χ0n) is 10.1. The first-order valence-corrected chi connectivity index (χ1v) is 5.65. The Bertz CT molecular complexity index is 245. The molecular formula is C9H24N8. The molecule has 0 aromatic carbocycles. The van der Waals surface area contributed by atoms with Crippen LogP contribution >= 0.6 is 0 Å². The SMILES string of the molecule is NCCCCNCCC(N)N=C(N)N=C(N)N. The van der Waals surface area contributed by atoms with Gasteiger partial charge in [-0.15, -0.1) is 0 Å². The maximum atomic E-state index is 5.71. The molecule has 8 nitrogen and oxygen atoms in total. The number of guanidine groups is 2. The third-order valence-corrected chi connectivity index (χ3v) is 1.97. The van der Waals surface area contributed by atoms with Crippen molar-refractivity contribution in [2.24, 2.45) is 38.7 Å². The minimum Gasteiger partial charge on any atom is -0.370 e. The summed E-state index contributed by atoms with van der Waals surface area (Å²) in [6.07, 6.45) is 2.35. The smallest absolute Gasteiger partial charge is 0.220 e. The number of aliphatic imine (C=N–C) groups is 2. The molecule has 0 aliphatic carbocycles. The molecule has 1 unspecified atom stereocenters. The van der Waals surface area contributed by atoms with Crippen LogP contribution in [0.4, 0.5) is 0 Å². The summed E-state index contributed by atoms with van der Waals surface area (Å²) in [5.41, 5.74) is 26.8. The fraction of sp³-hybridized carbons (Fsp3) is 0.778. The number of rotatable bonds is 8. The summed E-state index contributed by atoms with van der Waals surface area (Å²) >= 11 is 0. The molecule has 8 heteroatoms. The topological polar surface area (TPSA) is 167 Å². The van der Waals surface area contributed by atoms with Gasteiger partial charge in [-0.2, -0.15) is 4.99 Å². The quantitative estimate of drug-likeness (QED) is 0.158. The van der Waals surface area contributed by atoms with Gasteiger partial charge in [-0.1, -0.05) is 0 Å². The van der Waals surface area contributed by atoms with E-state index in [0.717, 1.165) is 32.5 Å². The van der Waals surface area contributed by atoms with E-state index in [4.69, 9.17) is 28.7 Å². The van der Waals surface area contributed by atoms with E-state index in [1.165, 1.54) is 0 Å². The molecule has 0 fully saturated rings. The predicted octanol–water partition coefficient (Wildman–Crippen LogP) is -2.42. The normalized spacial score (nSPS) is 13.4. The van der Waals surface area contributed by atoms with Gasteiger partial charge in [-0.3, -0.25) is 0 Å². The Morgan fingerprint density at radius 2 is 1.82 bits per heavy atom. The third-order valence-electron chi connectivity index (χ3n) is 1.97. The van der Waals surface area contributed by atoms with Crippen molar-refractivity contribution in [3.63, 3.8) is 0 Å². The molecule has 0 aliphatic rings. The van der Waals surface area contributed by atoms with Gasteiger partial charge >= 0.3 is 0 Å². The summed E-state index contributed by atoms with van der Waals surface area (Å²) < 4.78 is 0. The Kier molecular flexibility index (Phi) is 9.02. The lowest BCUT2D eigenvalue weighted by Gasteiger charge is -2.08. The van der Waals surface area contributed by atoms with Crippen LogP contribution < -0.4 is 34.0 Å². The predicted molar refractivity (Wildman–Crippen MR) is 71.2 cm³/mol. The van der Waals surface area contributed by atoms with Gasteiger partial charge in [0.2, 0.25) is 5.96 Å². The molecule has 100 valence electrons. The Morgan fingerprint density at radius 1 is 1.12 bits per heavy atom. The maximum absolute atomic E-state index is 5.71. The lowest BCUT2D eigenvalue weighted by Crippen LogP contribution is -2.30. The van der Waals surface area contributed by atoms with E-state index in [0.29, 0.717) is 6.42 Å². The molecule has 11 N–H and O–H groups in total. The van der Waals surface area contributed by atoms with Crippen molar-refractivity contribution < 1.29 is 0 Å². The zero-order valence-corrected chi connectivity index (χ0v) is 10.1. The molecule has 17 heavy (non-hydrogen) atoms. The van der Waals surface area contributed by atoms with Crippen molar-refractivity contribution >= 4 is 11.9 Å². The van der Waals surface area contributed by atoms with Gasteiger partial charge in [0.1, 0.15) is 6.17 Å². The number of nitrogens with two attached hydrogens (primary N) is 5. The first kappa shape index (κ1) is 15.6. The molecule has 0 aromatic rings. The van der Waals surface area contributed by atoms with Crippen molar-refractivity contribution in [1.82, 2.24) is 5.32 Å². The molecule has 0 rings (SSSR count). The van der Waals surface area contributed by atoms with Crippen LogP contribution in [0, 0.1) is 0 Å². The Morgan fingerprint density at radius 3 is 2.41 bits per heavy atom. The van der Waals surface area contributed by atoms with Gasteiger partial charge < -0.3 is 34.0 Å². The molecule has 0 aliphatic heterocycles. The van der Waals surface area contributed by atoms with Gasteiger partial charge in [0.05, 0.1) is 0 Å². The second kappa shape index (κ2) is 9.82. The number of hydrogen-bond acceptors (Lipinski definition) is 4. The molecular weight excluding hydrogens is 220 g/mol. The minimum absolute atomic E-state index is 0.000585. The highest BCUT2D eigenvalue weighted by molar-refractivity contribution is 5.92. The van der Waals surface area contributed by atoms with Gasteiger partial charge in [0.25, 0.3) is 0 Å². The summed E-state index contributed by atoms with van der Waals surface area (Å²) in [4.78, 5) is 7.49. The molecule has 1 atom stereocenters. The van der Waals surface area contributed by atoms with E-state index in [1.54, 1.807) is 0 Å². The average molecular weight is 244 g/mol. The first-order valence-electron chi connectivity index (χ1n) is 5.65. The van der Waals surface area contributed by atoms with E-state index in [1.807, 2.05) is 0 Å². The molecule has 0 amide bonds. The van der Waals surface area contributed by atoms with Crippen molar-refractivity contribution in [3.8, 4) is 0 Å². The second-order valence-corrected chi connectivity index (χ2v) is 3.63. The zero-order chi connectivity index (χ0) is 13.1. The molecule has 0 aromatic heterocycles. The standard InChI is InChI=1S/C9H24N8/c10-4-1-2-5-15-6-3-7(11)16-9(14)17-8(12)13/h7,15H,1-6,10-11H2,(H6,12,13,14,16,17). The molecule has 0 bridgehead atoms. The van der Waals surface area contributed by atoms with Gasteiger partial charge in [0, 0.05) is 0 Å². The van der Waals surface area contributed by atoms with Crippen molar-refractivity contribution in [3.05, 3.63) is 0 Å². The molecule has 0 saturated heterocycles. The summed E-state index contributed by atoms with van der Waals surface area (Å²) in [7, 11) is 0. The fourth-order valence-electron chi connectivity index (χ4n) is 1.16. The first-order chi connectivity index (χ1) is 8.06. The van der Waals surface area contributed by atoms with Gasteiger partial charge in [0.15, 0.2) is 5.96 Å². The van der Waals surface area contributed by atoms with Gasteiger partial charge in [-0.25, -0.2) is 4.99 Å². The highest BCUT2D eigenvalue weighted by Crippen LogP contribution is 1.90. The molecule has 0 saturated carbocycles. The number of nitrogens with one attached hydrogen (secondary N) is 1. The molecule has 0 radical (unpaired) electrons. The summed E-state index contributed by atoms with van der Waals surface area (Å²) in [6.45, 7) is 2.42. The van der Waals surface area contributed by atoms with Crippen LogP contribution in [0.3, 0.4) is 0 Å². The highest BCUT2D eigenvalue weighted by atomic mass is 15.1. The lowest BCUT2D eigenvalue weighted by molar-refractivity contribution is 0.559. The van der Waals surface area contributed by atoms with Crippen LogP contribution in [0.5, 0.6) is 0 Å². The maximum Gasteiger partial charge on any atom is 0.220 e. The van der Waals surface area contributed by atoms with E-state index in [9.17, 15) is 0 Å². The largest absolute Gasteiger partial charge is 0.370 e. The van der Waals surface area contributed by atoms with Crippen LogP contribution in [0.2, 0.25) is 0 Å².